The zero-order valence-electron chi connectivity index (χ0n) is 9.01. The lowest BCUT2D eigenvalue weighted by Gasteiger charge is -2.03. The Morgan fingerprint density at radius 3 is 2.62 bits per heavy atom. The molecule has 2 N–H and O–H groups in total. The maximum atomic E-state index is 9.19. The lowest BCUT2D eigenvalue weighted by molar-refractivity contribution is 0.475. The van der Waals surface area contributed by atoms with E-state index in [-0.39, 0.29) is 5.75 Å². The third-order valence-corrected chi connectivity index (χ3v) is 2.20. The van der Waals surface area contributed by atoms with Crippen LogP contribution >= 0.6 is 0 Å². The van der Waals surface area contributed by atoms with Crippen LogP contribution in [0.25, 0.3) is 11.4 Å². The second-order valence-corrected chi connectivity index (χ2v) is 3.45. The molecule has 2 rings (SSSR count). The Hall–Kier alpha value is -1.94. The quantitative estimate of drug-likeness (QED) is 0.816. The van der Waals surface area contributed by atoms with Crippen LogP contribution in [-0.2, 0) is 6.54 Å². The average molecular weight is 215 g/mol. The Kier molecular flexibility index (Phi) is 3.12. The van der Waals surface area contributed by atoms with E-state index in [4.69, 9.17) is 0 Å². The molecule has 4 nitrogen and oxygen atoms in total. The molecule has 2 aromatic rings. The smallest absolute Gasteiger partial charge is 0.159 e. The minimum absolute atomic E-state index is 0.245. The molecule has 1 heterocycles. The predicted octanol–water partition coefficient (Wildman–Crippen LogP) is 1.57. The third kappa shape index (κ3) is 2.35. The van der Waals surface area contributed by atoms with Gasteiger partial charge in [0.1, 0.15) is 5.75 Å². The Bertz CT molecular complexity index is 468. The number of nitrogens with zero attached hydrogens (tertiary/aromatic N) is 2. The minimum Gasteiger partial charge on any atom is -0.508 e. The molecule has 0 radical (unpaired) electrons. The van der Waals surface area contributed by atoms with Gasteiger partial charge in [0.15, 0.2) is 5.82 Å². The van der Waals surface area contributed by atoms with Gasteiger partial charge in [-0.25, -0.2) is 9.97 Å². The van der Waals surface area contributed by atoms with Crippen LogP contribution < -0.4 is 5.32 Å². The zero-order valence-corrected chi connectivity index (χ0v) is 9.01. The Morgan fingerprint density at radius 1 is 1.19 bits per heavy atom. The summed E-state index contributed by atoms with van der Waals surface area (Å²) in [5.41, 5.74) is 1.84. The van der Waals surface area contributed by atoms with Crippen molar-refractivity contribution in [3.8, 4) is 17.1 Å². The molecule has 0 spiro atoms. The van der Waals surface area contributed by atoms with E-state index in [1.54, 1.807) is 30.5 Å². The number of hydrogen-bond acceptors (Lipinski definition) is 4. The summed E-state index contributed by atoms with van der Waals surface area (Å²) < 4.78 is 0. The topological polar surface area (TPSA) is 58.0 Å². The first-order chi connectivity index (χ1) is 7.79. The highest BCUT2D eigenvalue weighted by Crippen LogP contribution is 2.18. The molecule has 0 amide bonds. The number of benzene rings is 1. The van der Waals surface area contributed by atoms with Crippen molar-refractivity contribution in [3.63, 3.8) is 0 Å². The molecule has 0 saturated heterocycles. The summed E-state index contributed by atoms with van der Waals surface area (Å²) in [6, 6.07) is 8.73. The standard InChI is InChI=1S/C12H13N3O/c1-13-8-10-6-7-14-12(15-10)9-2-4-11(16)5-3-9/h2-7,13,16H,8H2,1H3. The monoisotopic (exact) mass is 215 g/mol. The van der Waals surface area contributed by atoms with Crippen molar-refractivity contribution in [1.29, 1.82) is 0 Å². The first-order valence-electron chi connectivity index (χ1n) is 5.05. The van der Waals surface area contributed by atoms with Gasteiger partial charge in [0.05, 0.1) is 5.69 Å². The number of phenolic OH excluding ortho intramolecular Hbond substituents is 1. The molecule has 1 aromatic heterocycles. The molecule has 1 aromatic carbocycles. The molecule has 0 unspecified atom stereocenters. The molecular formula is C12H13N3O. The summed E-state index contributed by atoms with van der Waals surface area (Å²) in [5, 5.41) is 12.2. The molecule has 82 valence electrons. The van der Waals surface area contributed by atoms with Gasteiger partial charge in [-0.05, 0) is 37.4 Å². The highest BCUT2D eigenvalue weighted by Gasteiger charge is 2.02. The summed E-state index contributed by atoms with van der Waals surface area (Å²) in [7, 11) is 1.88. The van der Waals surface area contributed by atoms with Gasteiger partial charge in [0, 0.05) is 18.3 Å². The van der Waals surface area contributed by atoms with Crippen LogP contribution in [0.2, 0.25) is 0 Å². The maximum absolute atomic E-state index is 9.19. The van der Waals surface area contributed by atoms with Crippen LogP contribution in [0, 0.1) is 0 Å². The van der Waals surface area contributed by atoms with Crippen molar-refractivity contribution in [3.05, 3.63) is 42.2 Å². The van der Waals surface area contributed by atoms with Gasteiger partial charge in [-0.15, -0.1) is 0 Å². The summed E-state index contributed by atoms with van der Waals surface area (Å²) in [6.07, 6.45) is 1.74. The van der Waals surface area contributed by atoms with Crippen molar-refractivity contribution < 1.29 is 5.11 Å². The van der Waals surface area contributed by atoms with Gasteiger partial charge in [0.2, 0.25) is 0 Å². The summed E-state index contributed by atoms with van der Waals surface area (Å²) in [6.45, 7) is 0.716. The fraction of sp³-hybridized carbons (Fsp3) is 0.167. The van der Waals surface area contributed by atoms with Crippen molar-refractivity contribution in [2.45, 2.75) is 6.54 Å². The van der Waals surface area contributed by atoms with Gasteiger partial charge < -0.3 is 10.4 Å². The predicted molar refractivity (Wildman–Crippen MR) is 61.9 cm³/mol. The number of rotatable bonds is 3. The molecule has 0 aliphatic heterocycles. The third-order valence-electron chi connectivity index (χ3n) is 2.20. The highest BCUT2D eigenvalue weighted by atomic mass is 16.3. The first kappa shape index (κ1) is 10.6. The average Bonchev–Trinajstić information content (AvgIpc) is 2.31. The van der Waals surface area contributed by atoms with E-state index in [1.165, 1.54) is 0 Å². The normalized spacial score (nSPS) is 10.3. The maximum Gasteiger partial charge on any atom is 0.159 e. The second-order valence-electron chi connectivity index (χ2n) is 3.45. The first-order valence-corrected chi connectivity index (χ1v) is 5.05. The summed E-state index contributed by atoms with van der Waals surface area (Å²) >= 11 is 0. The molecular weight excluding hydrogens is 202 g/mol. The summed E-state index contributed by atoms with van der Waals surface area (Å²) in [4.78, 5) is 8.61. The molecule has 0 bridgehead atoms. The minimum atomic E-state index is 0.245. The van der Waals surface area contributed by atoms with E-state index in [9.17, 15) is 5.11 Å². The zero-order chi connectivity index (χ0) is 11.4. The second kappa shape index (κ2) is 4.72. The molecule has 0 aliphatic rings. The van der Waals surface area contributed by atoms with Crippen molar-refractivity contribution in [2.75, 3.05) is 7.05 Å². The number of hydrogen-bond donors (Lipinski definition) is 2. The van der Waals surface area contributed by atoms with Gasteiger partial charge in [-0.3, -0.25) is 0 Å². The van der Waals surface area contributed by atoms with Gasteiger partial charge in [-0.1, -0.05) is 0 Å². The van der Waals surface area contributed by atoms with E-state index >= 15 is 0 Å². The van der Waals surface area contributed by atoms with Crippen LogP contribution in [0.15, 0.2) is 36.5 Å². The lowest BCUT2D eigenvalue weighted by atomic mass is 10.2. The number of nitrogens with one attached hydrogen (secondary N) is 1. The molecule has 0 atom stereocenters. The molecule has 0 aliphatic carbocycles. The molecule has 16 heavy (non-hydrogen) atoms. The van der Waals surface area contributed by atoms with E-state index in [1.807, 2.05) is 13.1 Å². The lowest BCUT2D eigenvalue weighted by Crippen LogP contribution is -2.07. The molecule has 0 fully saturated rings. The molecule has 0 saturated carbocycles. The number of aromatic hydroxyl groups is 1. The van der Waals surface area contributed by atoms with E-state index < -0.39 is 0 Å². The van der Waals surface area contributed by atoms with Crippen molar-refractivity contribution in [2.24, 2.45) is 0 Å². The highest BCUT2D eigenvalue weighted by molar-refractivity contribution is 5.55. The SMILES string of the molecule is CNCc1ccnc(-c2ccc(O)cc2)n1. The fourth-order valence-corrected chi connectivity index (χ4v) is 1.43. The van der Waals surface area contributed by atoms with Crippen LogP contribution in [0.5, 0.6) is 5.75 Å². The van der Waals surface area contributed by atoms with E-state index in [0.29, 0.717) is 12.4 Å². The van der Waals surface area contributed by atoms with Crippen LogP contribution in [0.3, 0.4) is 0 Å². The van der Waals surface area contributed by atoms with Crippen molar-refractivity contribution >= 4 is 0 Å². The number of phenols is 1. The fourth-order valence-electron chi connectivity index (χ4n) is 1.43. The van der Waals surface area contributed by atoms with Crippen LogP contribution in [0.1, 0.15) is 5.69 Å². The van der Waals surface area contributed by atoms with Gasteiger partial charge in [0.25, 0.3) is 0 Å². The Morgan fingerprint density at radius 2 is 1.94 bits per heavy atom. The van der Waals surface area contributed by atoms with Crippen LogP contribution in [-0.4, -0.2) is 22.1 Å². The van der Waals surface area contributed by atoms with E-state index in [2.05, 4.69) is 15.3 Å². The van der Waals surface area contributed by atoms with Gasteiger partial charge >= 0.3 is 0 Å². The molecule has 4 heteroatoms. The Labute approximate surface area is 94.0 Å². The Balaban J connectivity index is 2.32. The van der Waals surface area contributed by atoms with Gasteiger partial charge in [-0.2, -0.15) is 0 Å². The van der Waals surface area contributed by atoms with Crippen LogP contribution in [0.4, 0.5) is 0 Å². The van der Waals surface area contributed by atoms with E-state index in [0.717, 1.165) is 11.3 Å². The number of aromatic nitrogens is 2. The summed E-state index contributed by atoms with van der Waals surface area (Å²) in [5.74, 6) is 0.919. The van der Waals surface area contributed by atoms with Crippen molar-refractivity contribution in [1.82, 2.24) is 15.3 Å². The largest absolute Gasteiger partial charge is 0.508 e.